The van der Waals surface area contributed by atoms with Crippen molar-refractivity contribution in [1.82, 2.24) is 19.5 Å². The van der Waals surface area contributed by atoms with E-state index < -0.39 is 0 Å². The molecule has 0 saturated heterocycles. The summed E-state index contributed by atoms with van der Waals surface area (Å²) in [5, 5.41) is 5.66. The molecule has 1 aliphatic heterocycles. The second-order valence-electron chi connectivity index (χ2n) is 6.87. The van der Waals surface area contributed by atoms with Crippen LogP contribution in [0.25, 0.3) is 16.4 Å². The average Bonchev–Trinajstić information content (AvgIpc) is 3.11. The van der Waals surface area contributed by atoms with Gasteiger partial charge < -0.3 is 4.90 Å². The van der Waals surface area contributed by atoms with Gasteiger partial charge in [0.05, 0.1) is 17.1 Å². The van der Waals surface area contributed by atoms with Gasteiger partial charge in [0, 0.05) is 28.8 Å². The molecule has 134 valence electrons. The first-order valence-electron chi connectivity index (χ1n) is 8.94. The third-order valence-corrected chi connectivity index (χ3v) is 5.83. The fourth-order valence-electron chi connectivity index (χ4n) is 3.99. The third kappa shape index (κ3) is 2.63. The van der Waals surface area contributed by atoms with Crippen LogP contribution in [0.4, 0.5) is 0 Å². The summed E-state index contributed by atoms with van der Waals surface area (Å²) in [6, 6.07) is 14.0. The second kappa shape index (κ2) is 6.16. The van der Waals surface area contributed by atoms with Gasteiger partial charge in [0.15, 0.2) is 5.69 Å². The summed E-state index contributed by atoms with van der Waals surface area (Å²) in [5.41, 5.74) is 4.89. The molecular weight excluding hydrogens is 404 g/mol. The summed E-state index contributed by atoms with van der Waals surface area (Å²) < 4.78 is 2.66. The molecule has 0 bridgehead atoms. The minimum absolute atomic E-state index is 0.00223. The van der Waals surface area contributed by atoms with Crippen molar-refractivity contribution in [1.29, 1.82) is 0 Å². The molecule has 1 unspecified atom stereocenters. The smallest absolute Gasteiger partial charge is 0.274 e. The van der Waals surface area contributed by atoms with E-state index in [0.717, 1.165) is 21.9 Å². The molecule has 3 aromatic heterocycles. The van der Waals surface area contributed by atoms with Crippen LogP contribution in [0.1, 0.15) is 34.6 Å². The number of carbonyl (C=O) groups is 1. The number of pyridine rings is 2. The van der Waals surface area contributed by atoms with Crippen LogP contribution in [-0.2, 0) is 6.42 Å². The Kier molecular flexibility index (Phi) is 3.75. The molecule has 5 nitrogen and oxygen atoms in total. The Morgan fingerprint density at radius 3 is 3.00 bits per heavy atom. The molecule has 1 amide bonds. The van der Waals surface area contributed by atoms with E-state index in [0.29, 0.717) is 12.2 Å². The topological polar surface area (TPSA) is 50.5 Å². The highest BCUT2D eigenvalue weighted by Gasteiger charge is 2.30. The zero-order chi connectivity index (χ0) is 18.5. The van der Waals surface area contributed by atoms with Crippen LogP contribution >= 0.6 is 15.9 Å². The number of halogens is 1. The van der Waals surface area contributed by atoms with Gasteiger partial charge >= 0.3 is 0 Å². The normalized spacial score (nSPS) is 16.7. The van der Waals surface area contributed by atoms with Gasteiger partial charge in [-0.05, 0) is 70.7 Å². The summed E-state index contributed by atoms with van der Waals surface area (Å²) in [6.45, 7) is 2.77. The first-order valence-corrected chi connectivity index (χ1v) is 9.73. The van der Waals surface area contributed by atoms with E-state index in [-0.39, 0.29) is 11.9 Å². The van der Waals surface area contributed by atoms with Gasteiger partial charge in [0.25, 0.3) is 5.91 Å². The maximum absolute atomic E-state index is 13.2. The third-order valence-electron chi connectivity index (χ3n) is 5.36. The van der Waals surface area contributed by atoms with Crippen molar-refractivity contribution < 1.29 is 4.79 Å². The number of amides is 1. The summed E-state index contributed by atoms with van der Waals surface area (Å²) in [5.74, 6) is -0.0285. The molecule has 1 aliphatic rings. The summed E-state index contributed by atoms with van der Waals surface area (Å²) >= 11 is 3.44. The molecule has 5 rings (SSSR count). The fraction of sp³-hybridized carbons (Fsp3) is 0.190. The van der Waals surface area contributed by atoms with Crippen LogP contribution in [0.5, 0.6) is 0 Å². The number of hydrogen-bond donors (Lipinski definition) is 0. The van der Waals surface area contributed by atoms with Crippen molar-refractivity contribution in [3.8, 4) is 0 Å². The van der Waals surface area contributed by atoms with Gasteiger partial charge in [-0.2, -0.15) is 5.10 Å². The Hall–Kier alpha value is -2.73. The number of carbonyl (C=O) groups excluding carboxylic acids is 1. The summed E-state index contributed by atoms with van der Waals surface area (Å²) in [6.07, 6.45) is 4.51. The number of benzene rings is 1. The number of aromatic nitrogens is 3. The van der Waals surface area contributed by atoms with Crippen molar-refractivity contribution in [2.24, 2.45) is 0 Å². The maximum atomic E-state index is 13.2. The number of rotatable bonds is 1. The van der Waals surface area contributed by atoms with Gasteiger partial charge in [0.2, 0.25) is 0 Å². The summed E-state index contributed by atoms with van der Waals surface area (Å²) in [4.78, 5) is 19.5. The highest BCUT2D eigenvalue weighted by molar-refractivity contribution is 9.10. The predicted octanol–water partition coefficient (Wildman–Crippen LogP) is 4.40. The molecular formula is C21H17BrN4O. The zero-order valence-corrected chi connectivity index (χ0v) is 16.3. The Morgan fingerprint density at radius 2 is 2.11 bits per heavy atom. The molecule has 4 aromatic rings. The molecule has 6 heteroatoms. The van der Waals surface area contributed by atoms with E-state index in [1.54, 1.807) is 4.52 Å². The number of fused-ring (bicyclic) bond motifs is 4. The van der Waals surface area contributed by atoms with Crippen molar-refractivity contribution in [2.45, 2.75) is 19.4 Å². The number of hydrogen-bond acceptors (Lipinski definition) is 3. The fourth-order valence-corrected chi connectivity index (χ4v) is 4.31. The minimum atomic E-state index is -0.0285. The average molecular weight is 421 g/mol. The van der Waals surface area contributed by atoms with Crippen LogP contribution in [0.3, 0.4) is 0 Å². The lowest BCUT2D eigenvalue weighted by Crippen LogP contribution is -2.39. The van der Waals surface area contributed by atoms with Gasteiger partial charge in [-0.15, -0.1) is 0 Å². The Morgan fingerprint density at radius 1 is 1.22 bits per heavy atom. The molecule has 0 radical (unpaired) electrons. The first kappa shape index (κ1) is 16.4. The molecule has 0 spiro atoms. The first-order chi connectivity index (χ1) is 13.1. The lowest BCUT2D eigenvalue weighted by Gasteiger charge is -2.35. The van der Waals surface area contributed by atoms with E-state index in [2.05, 4.69) is 45.1 Å². The van der Waals surface area contributed by atoms with Crippen molar-refractivity contribution in [2.75, 3.05) is 6.54 Å². The van der Waals surface area contributed by atoms with E-state index in [1.807, 2.05) is 47.6 Å². The largest absolute Gasteiger partial charge is 0.330 e. The minimum Gasteiger partial charge on any atom is -0.330 e. The van der Waals surface area contributed by atoms with Gasteiger partial charge in [0.1, 0.15) is 0 Å². The van der Waals surface area contributed by atoms with E-state index in [1.165, 1.54) is 16.5 Å². The molecule has 4 heterocycles. The molecule has 0 N–H and O–H groups in total. The quantitative estimate of drug-likeness (QED) is 0.458. The van der Waals surface area contributed by atoms with Crippen LogP contribution in [0, 0.1) is 0 Å². The maximum Gasteiger partial charge on any atom is 0.274 e. The van der Waals surface area contributed by atoms with Crippen LogP contribution < -0.4 is 0 Å². The standard InChI is InChI=1S/C21H17BrN4O/c1-13-16-6-7-19-18(3-2-9-23-19)17(16)8-10-25(13)21(27)20-11-15-5-4-14(22)12-26(15)24-20/h2-7,9,11-13H,8,10H2,1H3. The monoisotopic (exact) mass is 420 g/mol. The Balaban J connectivity index is 1.52. The SMILES string of the molecule is CC1c2ccc3ncccc3c2CCN1C(=O)c1cc2ccc(Br)cn2n1. The molecule has 0 saturated carbocycles. The van der Waals surface area contributed by atoms with Crippen molar-refractivity contribution >= 4 is 38.3 Å². The van der Waals surface area contributed by atoms with Crippen molar-refractivity contribution in [3.63, 3.8) is 0 Å². The number of nitrogens with zero attached hydrogens (tertiary/aromatic N) is 4. The van der Waals surface area contributed by atoms with Crippen LogP contribution in [-0.4, -0.2) is 31.9 Å². The lowest BCUT2D eigenvalue weighted by molar-refractivity contribution is 0.0672. The highest BCUT2D eigenvalue weighted by atomic mass is 79.9. The Bertz CT molecular complexity index is 1200. The molecule has 1 atom stereocenters. The molecule has 0 aliphatic carbocycles. The van der Waals surface area contributed by atoms with Crippen LogP contribution in [0.15, 0.2) is 59.3 Å². The molecule has 1 aromatic carbocycles. The van der Waals surface area contributed by atoms with Gasteiger partial charge in [-0.25, -0.2) is 4.52 Å². The van der Waals surface area contributed by atoms with E-state index in [4.69, 9.17) is 0 Å². The van der Waals surface area contributed by atoms with Gasteiger partial charge in [-0.3, -0.25) is 9.78 Å². The van der Waals surface area contributed by atoms with Crippen LogP contribution in [0.2, 0.25) is 0 Å². The van der Waals surface area contributed by atoms with E-state index >= 15 is 0 Å². The predicted molar refractivity (Wildman–Crippen MR) is 108 cm³/mol. The van der Waals surface area contributed by atoms with E-state index in [9.17, 15) is 4.79 Å². The molecule has 27 heavy (non-hydrogen) atoms. The second-order valence-corrected chi connectivity index (χ2v) is 7.79. The zero-order valence-electron chi connectivity index (χ0n) is 14.8. The van der Waals surface area contributed by atoms with Crippen molar-refractivity contribution in [3.05, 3.63) is 76.2 Å². The molecule has 0 fully saturated rings. The highest BCUT2D eigenvalue weighted by Crippen LogP contribution is 2.34. The van der Waals surface area contributed by atoms with Gasteiger partial charge in [-0.1, -0.05) is 12.1 Å². The Labute approximate surface area is 164 Å². The summed E-state index contributed by atoms with van der Waals surface area (Å²) in [7, 11) is 0. The lowest BCUT2D eigenvalue weighted by atomic mass is 9.90.